The number of carbonyl (C=O) groups excluding carboxylic acids is 1. The number of amides is 1. The Bertz CT molecular complexity index is 368. The lowest BCUT2D eigenvalue weighted by molar-refractivity contribution is -0.123. The predicted molar refractivity (Wildman–Crippen MR) is 73.3 cm³/mol. The van der Waals surface area contributed by atoms with Gasteiger partial charge < -0.3 is 11.1 Å². The summed E-state index contributed by atoms with van der Waals surface area (Å²) in [5.74, 6) is -0.0850. The zero-order valence-corrected chi connectivity index (χ0v) is 11.4. The van der Waals surface area contributed by atoms with Crippen molar-refractivity contribution in [2.24, 2.45) is 5.73 Å². The predicted octanol–water partition coefficient (Wildman–Crippen LogP) is 2.33. The van der Waals surface area contributed by atoms with Crippen molar-refractivity contribution >= 4 is 18.3 Å². The zero-order chi connectivity index (χ0) is 12.1. The summed E-state index contributed by atoms with van der Waals surface area (Å²) in [6.07, 6.45) is 0.659. The second-order valence-corrected chi connectivity index (χ2v) is 4.10. The lowest BCUT2D eigenvalue weighted by Gasteiger charge is -2.18. The minimum atomic E-state index is -0.411. The van der Waals surface area contributed by atoms with Gasteiger partial charge in [0.05, 0.1) is 12.1 Å². The quantitative estimate of drug-likeness (QED) is 0.869. The molecule has 0 aliphatic heterocycles. The molecule has 96 valence electrons. The van der Waals surface area contributed by atoms with E-state index in [1.807, 2.05) is 45.0 Å². The molecule has 1 aromatic carbocycles. The van der Waals surface area contributed by atoms with Crippen molar-refractivity contribution in [1.29, 1.82) is 0 Å². The van der Waals surface area contributed by atoms with E-state index in [4.69, 9.17) is 5.73 Å². The minimum absolute atomic E-state index is 0. The SMILES string of the molecule is CC[C@H](N)C(=O)NC(C)c1ccccc1C.Cl. The van der Waals surface area contributed by atoms with Gasteiger partial charge in [0.2, 0.25) is 5.91 Å². The van der Waals surface area contributed by atoms with E-state index < -0.39 is 6.04 Å². The van der Waals surface area contributed by atoms with Crippen LogP contribution in [0.4, 0.5) is 0 Å². The van der Waals surface area contributed by atoms with Gasteiger partial charge >= 0.3 is 0 Å². The van der Waals surface area contributed by atoms with Crippen LogP contribution >= 0.6 is 12.4 Å². The molecule has 0 radical (unpaired) electrons. The van der Waals surface area contributed by atoms with E-state index in [0.717, 1.165) is 5.56 Å². The molecule has 0 spiro atoms. The van der Waals surface area contributed by atoms with Crippen LogP contribution in [0.2, 0.25) is 0 Å². The molecule has 0 aliphatic rings. The third kappa shape index (κ3) is 4.36. The molecule has 4 heteroatoms. The van der Waals surface area contributed by atoms with Crippen molar-refractivity contribution in [2.75, 3.05) is 0 Å². The Hall–Kier alpha value is -1.06. The highest BCUT2D eigenvalue weighted by Gasteiger charge is 2.15. The molecule has 1 unspecified atom stereocenters. The first-order chi connectivity index (χ1) is 7.56. The summed E-state index contributed by atoms with van der Waals surface area (Å²) < 4.78 is 0. The van der Waals surface area contributed by atoms with Crippen molar-refractivity contribution in [2.45, 2.75) is 39.3 Å². The monoisotopic (exact) mass is 256 g/mol. The van der Waals surface area contributed by atoms with Gasteiger partial charge in [-0.05, 0) is 31.4 Å². The third-order valence-electron chi connectivity index (χ3n) is 2.79. The molecule has 1 aromatic rings. The van der Waals surface area contributed by atoms with Crippen LogP contribution in [-0.2, 0) is 4.79 Å². The first-order valence-electron chi connectivity index (χ1n) is 5.67. The van der Waals surface area contributed by atoms with Crippen LogP contribution in [0.5, 0.6) is 0 Å². The number of nitrogens with two attached hydrogens (primary N) is 1. The molecule has 17 heavy (non-hydrogen) atoms. The Labute approximate surface area is 109 Å². The first-order valence-corrected chi connectivity index (χ1v) is 5.67. The molecule has 0 fully saturated rings. The van der Waals surface area contributed by atoms with Crippen LogP contribution in [0.15, 0.2) is 24.3 Å². The molecule has 3 nitrogen and oxygen atoms in total. The van der Waals surface area contributed by atoms with Crippen molar-refractivity contribution < 1.29 is 4.79 Å². The van der Waals surface area contributed by atoms with Crippen molar-refractivity contribution in [3.8, 4) is 0 Å². The Morgan fingerprint density at radius 1 is 1.41 bits per heavy atom. The number of hydrogen-bond donors (Lipinski definition) is 2. The first kappa shape index (κ1) is 15.9. The fourth-order valence-electron chi connectivity index (χ4n) is 1.66. The van der Waals surface area contributed by atoms with Gasteiger partial charge in [-0.1, -0.05) is 31.2 Å². The summed E-state index contributed by atoms with van der Waals surface area (Å²) in [4.78, 5) is 11.6. The fourth-order valence-corrected chi connectivity index (χ4v) is 1.66. The highest BCUT2D eigenvalue weighted by atomic mass is 35.5. The second-order valence-electron chi connectivity index (χ2n) is 4.10. The third-order valence-corrected chi connectivity index (χ3v) is 2.79. The van der Waals surface area contributed by atoms with Crippen LogP contribution in [0, 0.1) is 6.92 Å². The summed E-state index contributed by atoms with van der Waals surface area (Å²) in [6.45, 7) is 5.92. The van der Waals surface area contributed by atoms with Crippen molar-refractivity contribution in [3.05, 3.63) is 35.4 Å². The highest BCUT2D eigenvalue weighted by Crippen LogP contribution is 2.16. The largest absolute Gasteiger partial charge is 0.348 e. The Morgan fingerprint density at radius 2 is 2.00 bits per heavy atom. The number of rotatable bonds is 4. The summed E-state index contributed by atoms with van der Waals surface area (Å²) in [5, 5.41) is 2.92. The van der Waals surface area contributed by atoms with E-state index >= 15 is 0 Å². The molecule has 3 N–H and O–H groups in total. The maximum absolute atomic E-state index is 11.6. The zero-order valence-electron chi connectivity index (χ0n) is 10.6. The lowest BCUT2D eigenvalue weighted by atomic mass is 10.0. The van der Waals surface area contributed by atoms with E-state index in [9.17, 15) is 4.79 Å². The van der Waals surface area contributed by atoms with Crippen molar-refractivity contribution in [3.63, 3.8) is 0 Å². The average molecular weight is 257 g/mol. The number of aryl methyl sites for hydroxylation is 1. The summed E-state index contributed by atoms with van der Waals surface area (Å²) in [5.41, 5.74) is 7.99. The topological polar surface area (TPSA) is 55.1 Å². The molecule has 0 aliphatic carbocycles. The molecular weight excluding hydrogens is 236 g/mol. The van der Waals surface area contributed by atoms with Crippen LogP contribution in [0.25, 0.3) is 0 Å². The molecule has 1 amide bonds. The van der Waals surface area contributed by atoms with Gasteiger partial charge in [0.1, 0.15) is 0 Å². The van der Waals surface area contributed by atoms with E-state index in [1.54, 1.807) is 0 Å². The summed E-state index contributed by atoms with van der Waals surface area (Å²) in [7, 11) is 0. The minimum Gasteiger partial charge on any atom is -0.348 e. The van der Waals surface area contributed by atoms with Gasteiger partial charge in [0.15, 0.2) is 0 Å². The standard InChI is InChI=1S/C13H20N2O.ClH/c1-4-12(14)13(16)15-10(3)11-8-6-5-7-9(11)2;/h5-8,10,12H,4,14H2,1-3H3,(H,15,16);1H/t10?,12-;/m0./s1. The fraction of sp³-hybridized carbons (Fsp3) is 0.462. The van der Waals surface area contributed by atoms with Crippen LogP contribution < -0.4 is 11.1 Å². The summed E-state index contributed by atoms with van der Waals surface area (Å²) in [6, 6.07) is 7.63. The molecule has 0 saturated heterocycles. The van der Waals surface area contributed by atoms with Gasteiger partial charge in [0.25, 0.3) is 0 Å². The average Bonchev–Trinajstić information content (AvgIpc) is 2.28. The molecule has 0 aromatic heterocycles. The number of nitrogens with one attached hydrogen (secondary N) is 1. The molecule has 0 saturated carbocycles. The molecule has 2 atom stereocenters. The maximum atomic E-state index is 11.6. The van der Waals surface area contributed by atoms with Crippen molar-refractivity contribution in [1.82, 2.24) is 5.32 Å². The van der Waals surface area contributed by atoms with E-state index in [-0.39, 0.29) is 24.4 Å². The highest BCUT2D eigenvalue weighted by molar-refractivity contribution is 5.85. The van der Waals surface area contributed by atoms with Crippen LogP contribution in [0.3, 0.4) is 0 Å². The Morgan fingerprint density at radius 3 is 2.53 bits per heavy atom. The van der Waals surface area contributed by atoms with E-state index in [1.165, 1.54) is 5.56 Å². The van der Waals surface area contributed by atoms with Gasteiger partial charge in [0, 0.05) is 0 Å². The number of benzene rings is 1. The second kappa shape index (κ2) is 7.30. The van der Waals surface area contributed by atoms with E-state index in [2.05, 4.69) is 5.32 Å². The molecular formula is C13H21ClN2O. The molecule has 0 heterocycles. The van der Waals surface area contributed by atoms with Crippen LogP contribution in [0.1, 0.15) is 37.4 Å². The Kier molecular flexibility index (Phi) is 6.85. The summed E-state index contributed by atoms with van der Waals surface area (Å²) >= 11 is 0. The van der Waals surface area contributed by atoms with Gasteiger partial charge in [-0.15, -0.1) is 12.4 Å². The maximum Gasteiger partial charge on any atom is 0.237 e. The Balaban J connectivity index is 0.00000256. The number of halogens is 1. The van der Waals surface area contributed by atoms with Gasteiger partial charge in [-0.3, -0.25) is 4.79 Å². The lowest BCUT2D eigenvalue weighted by Crippen LogP contribution is -2.41. The normalized spacial score (nSPS) is 13.4. The number of hydrogen-bond acceptors (Lipinski definition) is 2. The molecule has 0 bridgehead atoms. The van der Waals surface area contributed by atoms with Gasteiger partial charge in [-0.2, -0.15) is 0 Å². The van der Waals surface area contributed by atoms with Crippen LogP contribution in [-0.4, -0.2) is 11.9 Å². The van der Waals surface area contributed by atoms with E-state index in [0.29, 0.717) is 6.42 Å². The molecule has 1 rings (SSSR count). The number of carbonyl (C=O) groups is 1. The van der Waals surface area contributed by atoms with Gasteiger partial charge in [-0.25, -0.2) is 0 Å². The smallest absolute Gasteiger partial charge is 0.237 e.